The molecular formula is C15H15NO3. The Hall–Kier alpha value is -2.36. The lowest BCUT2D eigenvalue weighted by Gasteiger charge is -2.19. The maximum absolute atomic E-state index is 5.69. The van der Waals surface area contributed by atoms with Crippen molar-refractivity contribution in [3.05, 3.63) is 48.0 Å². The third kappa shape index (κ3) is 2.73. The van der Waals surface area contributed by atoms with Crippen LogP contribution in [0.1, 0.15) is 5.56 Å². The Kier molecular flexibility index (Phi) is 3.14. The number of nitrogen functional groups attached to an aromatic ring is 1. The van der Waals surface area contributed by atoms with Crippen LogP contribution in [0.5, 0.6) is 17.2 Å². The summed E-state index contributed by atoms with van der Waals surface area (Å²) < 4.78 is 16.7. The van der Waals surface area contributed by atoms with E-state index in [4.69, 9.17) is 19.9 Å². The molecule has 1 aliphatic rings. The van der Waals surface area contributed by atoms with Gasteiger partial charge < -0.3 is 19.9 Å². The van der Waals surface area contributed by atoms with Gasteiger partial charge in [0.15, 0.2) is 11.5 Å². The van der Waals surface area contributed by atoms with Crippen LogP contribution in [0.25, 0.3) is 0 Å². The van der Waals surface area contributed by atoms with E-state index in [2.05, 4.69) is 0 Å². The van der Waals surface area contributed by atoms with E-state index < -0.39 is 0 Å². The summed E-state index contributed by atoms with van der Waals surface area (Å²) in [7, 11) is 0. The number of hydrogen-bond acceptors (Lipinski definition) is 4. The quantitative estimate of drug-likeness (QED) is 0.859. The molecule has 0 spiro atoms. The Balaban J connectivity index is 1.68. The van der Waals surface area contributed by atoms with Gasteiger partial charge in [0.05, 0.1) is 0 Å². The lowest BCUT2D eigenvalue weighted by Crippen LogP contribution is -2.15. The third-order valence-electron chi connectivity index (χ3n) is 2.89. The predicted molar refractivity (Wildman–Crippen MR) is 72.6 cm³/mol. The second kappa shape index (κ2) is 5.10. The van der Waals surface area contributed by atoms with Crippen molar-refractivity contribution in [1.82, 2.24) is 0 Å². The summed E-state index contributed by atoms with van der Waals surface area (Å²) in [4.78, 5) is 0. The fourth-order valence-corrected chi connectivity index (χ4v) is 1.91. The molecule has 0 atom stereocenters. The molecule has 1 aliphatic heterocycles. The second-order valence-corrected chi connectivity index (χ2v) is 4.34. The molecule has 0 radical (unpaired) electrons. The van der Waals surface area contributed by atoms with Gasteiger partial charge in [0, 0.05) is 5.69 Å². The van der Waals surface area contributed by atoms with E-state index in [1.807, 2.05) is 42.5 Å². The van der Waals surface area contributed by atoms with Crippen LogP contribution in [-0.2, 0) is 6.61 Å². The zero-order valence-electron chi connectivity index (χ0n) is 10.5. The van der Waals surface area contributed by atoms with Crippen LogP contribution in [0.4, 0.5) is 5.69 Å². The summed E-state index contributed by atoms with van der Waals surface area (Å²) in [5.74, 6) is 2.37. The molecule has 2 aromatic carbocycles. The Morgan fingerprint density at radius 3 is 2.47 bits per heavy atom. The zero-order valence-corrected chi connectivity index (χ0v) is 10.5. The van der Waals surface area contributed by atoms with Crippen LogP contribution in [0.2, 0.25) is 0 Å². The second-order valence-electron chi connectivity index (χ2n) is 4.34. The number of rotatable bonds is 3. The van der Waals surface area contributed by atoms with Crippen molar-refractivity contribution in [3.63, 3.8) is 0 Å². The Labute approximate surface area is 111 Å². The highest BCUT2D eigenvalue weighted by Crippen LogP contribution is 2.31. The molecule has 19 heavy (non-hydrogen) atoms. The minimum Gasteiger partial charge on any atom is -0.489 e. The Bertz CT molecular complexity index is 566. The third-order valence-corrected chi connectivity index (χ3v) is 2.89. The number of ether oxygens (including phenoxy) is 3. The topological polar surface area (TPSA) is 53.7 Å². The maximum Gasteiger partial charge on any atom is 0.161 e. The molecule has 0 fully saturated rings. The number of nitrogens with two attached hydrogens (primary N) is 1. The molecule has 2 aromatic rings. The largest absolute Gasteiger partial charge is 0.489 e. The molecule has 0 bridgehead atoms. The highest BCUT2D eigenvalue weighted by atomic mass is 16.6. The molecule has 0 saturated heterocycles. The summed E-state index contributed by atoms with van der Waals surface area (Å²) in [6.07, 6.45) is 0. The van der Waals surface area contributed by atoms with Gasteiger partial charge in [-0.1, -0.05) is 6.07 Å². The number of benzene rings is 2. The molecular weight excluding hydrogens is 242 g/mol. The van der Waals surface area contributed by atoms with E-state index in [1.54, 1.807) is 0 Å². The average molecular weight is 257 g/mol. The van der Waals surface area contributed by atoms with E-state index in [-0.39, 0.29) is 0 Å². The summed E-state index contributed by atoms with van der Waals surface area (Å²) in [5.41, 5.74) is 7.40. The number of hydrogen-bond donors (Lipinski definition) is 1. The van der Waals surface area contributed by atoms with Gasteiger partial charge in [-0.05, 0) is 42.0 Å². The van der Waals surface area contributed by atoms with E-state index in [1.165, 1.54) is 0 Å². The predicted octanol–water partition coefficient (Wildman–Crippen LogP) is 2.62. The van der Waals surface area contributed by atoms with Crippen molar-refractivity contribution in [2.45, 2.75) is 6.61 Å². The van der Waals surface area contributed by atoms with Gasteiger partial charge in [-0.3, -0.25) is 0 Å². The SMILES string of the molecule is Nc1ccc(OCc2ccc3c(c2)OCCO3)cc1. The van der Waals surface area contributed by atoms with Crippen molar-refractivity contribution in [2.24, 2.45) is 0 Å². The van der Waals surface area contributed by atoms with Gasteiger partial charge in [0.1, 0.15) is 25.6 Å². The number of anilines is 1. The fourth-order valence-electron chi connectivity index (χ4n) is 1.91. The Morgan fingerprint density at radius 2 is 1.68 bits per heavy atom. The normalized spacial score (nSPS) is 13.1. The van der Waals surface area contributed by atoms with Crippen molar-refractivity contribution >= 4 is 5.69 Å². The minimum absolute atomic E-state index is 0.487. The monoisotopic (exact) mass is 257 g/mol. The van der Waals surface area contributed by atoms with Crippen molar-refractivity contribution < 1.29 is 14.2 Å². The molecule has 4 heteroatoms. The van der Waals surface area contributed by atoms with Crippen molar-refractivity contribution in [2.75, 3.05) is 18.9 Å². The molecule has 2 N–H and O–H groups in total. The summed E-state index contributed by atoms with van der Waals surface area (Å²) in [6, 6.07) is 13.2. The van der Waals surface area contributed by atoms with Gasteiger partial charge in [-0.2, -0.15) is 0 Å². The van der Waals surface area contributed by atoms with E-state index in [9.17, 15) is 0 Å². The molecule has 0 aromatic heterocycles. The van der Waals surface area contributed by atoms with Crippen LogP contribution < -0.4 is 19.9 Å². The molecule has 0 amide bonds. The average Bonchev–Trinajstić information content (AvgIpc) is 2.46. The summed E-state index contributed by atoms with van der Waals surface area (Å²) in [5, 5.41) is 0. The lowest BCUT2D eigenvalue weighted by molar-refractivity contribution is 0.171. The molecule has 1 heterocycles. The van der Waals surface area contributed by atoms with Crippen LogP contribution in [0, 0.1) is 0 Å². The number of fused-ring (bicyclic) bond motifs is 1. The first-order valence-corrected chi connectivity index (χ1v) is 6.18. The van der Waals surface area contributed by atoms with E-state index >= 15 is 0 Å². The van der Waals surface area contributed by atoms with E-state index in [0.29, 0.717) is 19.8 Å². The first kappa shape index (κ1) is 11.7. The van der Waals surface area contributed by atoms with Gasteiger partial charge >= 0.3 is 0 Å². The van der Waals surface area contributed by atoms with Crippen LogP contribution in [0.15, 0.2) is 42.5 Å². The Morgan fingerprint density at radius 1 is 0.947 bits per heavy atom. The van der Waals surface area contributed by atoms with Crippen molar-refractivity contribution in [3.8, 4) is 17.2 Å². The molecule has 0 aliphatic carbocycles. The van der Waals surface area contributed by atoms with Crippen LogP contribution in [0.3, 0.4) is 0 Å². The maximum atomic E-state index is 5.69. The van der Waals surface area contributed by atoms with E-state index in [0.717, 1.165) is 28.5 Å². The standard InChI is InChI=1S/C15H15NO3/c16-12-2-4-13(5-3-12)19-10-11-1-6-14-15(9-11)18-8-7-17-14/h1-6,9H,7-8,10,16H2. The van der Waals surface area contributed by atoms with Crippen LogP contribution in [-0.4, -0.2) is 13.2 Å². The molecule has 3 rings (SSSR count). The first-order valence-electron chi connectivity index (χ1n) is 6.18. The molecule has 4 nitrogen and oxygen atoms in total. The van der Waals surface area contributed by atoms with Gasteiger partial charge in [0.2, 0.25) is 0 Å². The molecule has 98 valence electrons. The van der Waals surface area contributed by atoms with Gasteiger partial charge in [-0.25, -0.2) is 0 Å². The van der Waals surface area contributed by atoms with Crippen LogP contribution >= 0.6 is 0 Å². The highest BCUT2D eigenvalue weighted by Gasteiger charge is 2.11. The van der Waals surface area contributed by atoms with Crippen molar-refractivity contribution in [1.29, 1.82) is 0 Å². The minimum atomic E-state index is 0.487. The first-order chi connectivity index (χ1) is 9.31. The fraction of sp³-hybridized carbons (Fsp3) is 0.200. The molecule has 0 saturated carbocycles. The van der Waals surface area contributed by atoms with Gasteiger partial charge in [0.25, 0.3) is 0 Å². The highest BCUT2D eigenvalue weighted by molar-refractivity contribution is 5.44. The summed E-state index contributed by atoms with van der Waals surface area (Å²) in [6.45, 7) is 1.68. The zero-order chi connectivity index (χ0) is 13.1. The molecule has 0 unspecified atom stereocenters. The summed E-state index contributed by atoms with van der Waals surface area (Å²) >= 11 is 0. The lowest BCUT2D eigenvalue weighted by atomic mass is 10.2. The van der Waals surface area contributed by atoms with Gasteiger partial charge in [-0.15, -0.1) is 0 Å². The smallest absolute Gasteiger partial charge is 0.161 e.